The molecular formula is C21H14N2O3. The van der Waals surface area contributed by atoms with Crippen molar-refractivity contribution in [1.29, 1.82) is 0 Å². The van der Waals surface area contributed by atoms with Crippen molar-refractivity contribution < 1.29 is 14.3 Å². The first kappa shape index (κ1) is 15.7. The lowest BCUT2D eigenvalue weighted by molar-refractivity contribution is 0.0997. The monoisotopic (exact) mass is 342 g/mol. The van der Waals surface area contributed by atoms with E-state index in [9.17, 15) is 4.79 Å². The smallest absolute Gasteiger partial charge is 0.263 e. The van der Waals surface area contributed by atoms with Crippen LogP contribution in [0.2, 0.25) is 0 Å². The van der Waals surface area contributed by atoms with Gasteiger partial charge in [-0.1, -0.05) is 18.2 Å². The minimum absolute atomic E-state index is 0.180. The number of fused-ring (bicyclic) bond motifs is 2. The summed E-state index contributed by atoms with van der Waals surface area (Å²) in [6, 6.07) is 19.4. The number of ether oxygens (including phenoxy) is 2. The van der Waals surface area contributed by atoms with E-state index in [1.165, 1.54) is 0 Å². The Balaban J connectivity index is 1.84. The average molecular weight is 342 g/mol. The second kappa shape index (κ2) is 6.26. The van der Waals surface area contributed by atoms with Crippen LogP contribution in [-0.4, -0.2) is 13.0 Å². The summed E-state index contributed by atoms with van der Waals surface area (Å²) < 4.78 is 11.1. The van der Waals surface area contributed by atoms with Crippen molar-refractivity contribution in [2.75, 3.05) is 12.0 Å². The second-order valence-electron chi connectivity index (χ2n) is 5.70. The molecule has 0 atom stereocenters. The van der Waals surface area contributed by atoms with Crippen LogP contribution in [0.5, 0.6) is 17.2 Å². The molecule has 126 valence electrons. The maximum atomic E-state index is 13.2. The first-order valence-corrected chi connectivity index (χ1v) is 7.98. The lowest BCUT2D eigenvalue weighted by Crippen LogP contribution is -2.28. The fraction of sp³-hybridized carbons (Fsp3) is 0.0476. The van der Waals surface area contributed by atoms with Gasteiger partial charge in [0.05, 0.1) is 25.1 Å². The number of hydrogen-bond acceptors (Lipinski definition) is 3. The first-order valence-electron chi connectivity index (χ1n) is 7.98. The van der Waals surface area contributed by atoms with Gasteiger partial charge in [0.15, 0.2) is 11.4 Å². The standard InChI is InChI=1S/C21H14N2O3/c1-22-15-9-12-18-20(13-15)26-19-6-4-3-5-17(19)23(18)21(24)14-7-10-16(25-2)11-8-14/h3-13H,2H3. The zero-order valence-corrected chi connectivity index (χ0v) is 14.0. The molecule has 26 heavy (non-hydrogen) atoms. The van der Waals surface area contributed by atoms with E-state index in [0.29, 0.717) is 39.9 Å². The molecular weight excluding hydrogens is 328 g/mol. The van der Waals surface area contributed by atoms with Gasteiger partial charge in [0.2, 0.25) is 0 Å². The number of carbonyl (C=O) groups is 1. The van der Waals surface area contributed by atoms with Crippen molar-refractivity contribution in [1.82, 2.24) is 0 Å². The van der Waals surface area contributed by atoms with Gasteiger partial charge < -0.3 is 9.47 Å². The van der Waals surface area contributed by atoms with Crippen LogP contribution in [0.15, 0.2) is 66.7 Å². The molecule has 0 fully saturated rings. The summed E-state index contributed by atoms with van der Waals surface area (Å²) in [5.74, 6) is 1.56. The molecule has 3 aromatic carbocycles. The number of benzene rings is 3. The molecule has 0 aliphatic carbocycles. The van der Waals surface area contributed by atoms with Crippen LogP contribution in [0.1, 0.15) is 10.4 Å². The minimum atomic E-state index is -0.180. The van der Waals surface area contributed by atoms with Crippen molar-refractivity contribution in [2.24, 2.45) is 0 Å². The normalized spacial score (nSPS) is 11.6. The molecule has 5 heteroatoms. The molecule has 5 nitrogen and oxygen atoms in total. The molecule has 0 spiro atoms. The molecule has 0 unspecified atom stereocenters. The van der Waals surface area contributed by atoms with E-state index in [1.54, 1.807) is 60.5 Å². The molecule has 0 bridgehead atoms. The van der Waals surface area contributed by atoms with Crippen molar-refractivity contribution in [3.8, 4) is 17.2 Å². The van der Waals surface area contributed by atoms with Gasteiger partial charge in [-0.25, -0.2) is 4.85 Å². The van der Waals surface area contributed by atoms with Crippen molar-refractivity contribution in [3.05, 3.63) is 83.7 Å². The fourth-order valence-corrected chi connectivity index (χ4v) is 2.90. The van der Waals surface area contributed by atoms with E-state index in [1.807, 2.05) is 18.2 Å². The zero-order valence-electron chi connectivity index (χ0n) is 14.0. The maximum Gasteiger partial charge on any atom is 0.263 e. The third-order valence-corrected chi connectivity index (χ3v) is 4.18. The quantitative estimate of drug-likeness (QED) is 0.591. The third kappa shape index (κ3) is 2.54. The van der Waals surface area contributed by atoms with E-state index in [0.717, 1.165) is 0 Å². The summed E-state index contributed by atoms with van der Waals surface area (Å²) in [6.07, 6.45) is 0. The van der Waals surface area contributed by atoms with Gasteiger partial charge in [0.25, 0.3) is 5.91 Å². The Hall–Kier alpha value is -3.78. The van der Waals surface area contributed by atoms with Crippen LogP contribution in [0.25, 0.3) is 4.85 Å². The fourth-order valence-electron chi connectivity index (χ4n) is 2.90. The molecule has 0 N–H and O–H groups in total. The number of methoxy groups -OCH3 is 1. The second-order valence-corrected chi connectivity index (χ2v) is 5.70. The van der Waals surface area contributed by atoms with Gasteiger partial charge in [-0.05, 0) is 48.5 Å². The highest BCUT2D eigenvalue weighted by atomic mass is 16.5. The largest absolute Gasteiger partial charge is 0.497 e. The molecule has 3 aromatic rings. The van der Waals surface area contributed by atoms with Crippen molar-refractivity contribution in [2.45, 2.75) is 0 Å². The van der Waals surface area contributed by atoms with E-state index in [2.05, 4.69) is 4.85 Å². The number of amides is 1. The highest BCUT2D eigenvalue weighted by Gasteiger charge is 2.29. The summed E-state index contributed by atoms with van der Waals surface area (Å²) in [5.41, 5.74) is 2.26. The summed E-state index contributed by atoms with van der Waals surface area (Å²) in [4.78, 5) is 18.3. The van der Waals surface area contributed by atoms with Gasteiger partial charge in [0, 0.05) is 5.56 Å². The molecule has 0 saturated heterocycles. The number of anilines is 2. The van der Waals surface area contributed by atoms with E-state index in [4.69, 9.17) is 16.0 Å². The molecule has 1 heterocycles. The highest BCUT2D eigenvalue weighted by Crippen LogP contribution is 2.48. The molecule has 1 amide bonds. The summed E-state index contributed by atoms with van der Waals surface area (Å²) in [5, 5.41) is 0. The minimum Gasteiger partial charge on any atom is -0.497 e. The Morgan fingerprint density at radius 1 is 1.00 bits per heavy atom. The lowest BCUT2D eigenvalue weighted by Gasteiger charge is -2.31. The molecule has 0 radical (unpaired) electrons. The third-order valence-electron chi connectivity index (χ3n) is 4.18. The van der Waals surface area contributed by atoms with Crippen LogP contribution in [-0.2, 0) is 0 Å². The lowest BCUT2D eigenvalue weighted by atomic mass is 10.1. The van der Waals surface area contributed by atoms with Crippen LogP contribution in [0.4, 0.5) is 17.1 Å². The maximum absolute atomic E-state index is 13.2. The van der Waals surface area contributed by atoms with Crippen LogP contribution >= 0.6 is 0 Å². The topological polar surface area (TPSA) is 43.1 Å². The summed E-state index contributed by atoms with van der Waals surface area (Å²) in [6.45, 7) is 7.19. The van der Waals surface area contributed by atoms with Crippen LogP contribution < -0.4 is 14.4 Å². The van der Waals surface area contributed by atoms with Gasteiger partial charge in [-0.3, -0.25) is 9.69 Å². The summed E-state index contributed by atoms with van der Waals surface area (Å²) in [7, 11) is 1.58. The molecule has 1 aliphatic heterocycles. The molecule has 1 aliphatic rings. The number of carbonyl (C=O) groups excluding carboxylic acids is 1. The highest BCUT2D eigenvalue weighted by molar-refractivity contribution is 6.13. The Morgan fingerprint density at radius 3 is 2.46 bits per heavy atom. The number of para-hydroxylation sites is 2. The molecule has 0 saturated carbocycles. The van der Waals surface area contributed by atoms with Gasteiger partial charge in [-0.15, -0.1) is 0 Å². The first-order chi connectivity index (χ1) is 12.7. The van der Waals surface area contributed by atoms with Gasteiger partial charge in [-0.2, -0.15) is 0 Å². The predicted molar refractivity (Wildman–Crippen MR) is 98.7 cm³/mol. The van der Waals surface area contributed by atoms with Crippen molar-refractivity contribution in [3.63, 3.8) is 0 Å². The Bertz CT molecular complexity index is 1040. The average Bonchev–Trinajstić information content (AvgIpc) is 2.71. The number of nitrogens with zero attached hydrogens (tertiary/aromatic N) is 2. The predicted octanol–water partition coefficient (Wildman–Crippen LogP) is 5.33. The van der Waals surface area contributed by atoms with Gasteiger partial charge >= 0.3 is 0 Å². The zero-order chi connectivity index (χ0) is 18.1. The SMILES string of the molecule is [C-]#[N+]c1ccc2c(c1)Oc1ccccc1N2C(=O)c1ccc(OC)cc1. The van der Waals surface area contributed by atoms with Gasteiger partial charge in [0.1, 0.15) is 11.5 Å². The van der Waals surface area contributed by atoms with E-state index >= 15 is 0 Å². The Morgan fingerprint density at radius 2 is 1.73 bits per heavy atom. The number of hydrogen-bond donors (Lipinski definition) is 0. The Kier molecular flexibility index (Phi) is 3.79. The molecule has 0 aromatic heterocycles. The Labute approximate surface area is 150 Å². The molecule has 4 rings (SSSR count). The van der Waals surface area contributed by atoms with Crippen LogP contribution in [0, 0.1) is 6.57 Å². The van der Waals surface area contributed by atoms with Crippen LogP contribution in [0.3, 0.4) is 0 Å². The van der Waals surface area contributed by atoms with E-state index in [-0.39, 0.29) is 5.91 Å². The van der Waals surface area contributed by atoms with E-state index < -0.39 is 0 Å². The van der Waals surface area contributed by atoms with Crippen molar-refractivity contribution >= 4 is 23.0 Å². The number of rotatable bonds is 2. The summed E-state index contributed by atoms with van der Waals surface area (Å²) >= 11 is 0.